The fraction of sp³-hybridized carbons (Fsp3) is 0.533. The maximum atomic E-state index is 12.3. The van der Waals surface area contributed by atoms with Crippen LogP contribution in [0.15, 0.2) is 18.2 Å². The Balaban J connectivity index is 2.09. The Bertz CT molecular complexity index is 461. The first-order valence-corrected chi connectivity index (χ1v) is 7.29. The summed E-state index contributed by atoms with van der Waals surface area (Å²) in [4.78, 5) is 12.3. The molecule has 0 saturated heterocycles. The van der Waals surface area contributed by atoms with Gasteiger partial charge in [-0.1, -0.05) is 36.9 Å². The molecule has 1 aliphatic carbocycles. The van der Waals surface area contributed by atoms with Crippen LogP contribution in [-0.4, -0.2) is 18.0 Å². The van der Waals surface area contributed by atoms with Crippen molar-refractivity contribution >= 4 is 17.5 Å². The molecular weight excluding hydrogens is 260 g/mol. The zero-order chi connectivity index (χ0) is 13.8. The molecule has 0 radical (unpaired) electrons. The van der Waals surface area contributed by atoms with Crippen molar-refractivity contribution < 1.29 is 4.79 Å². The molecule has 2 unspecified atom stereocenters. The van der Waals surface area contributed by atoms with Crippen molar-refractivity contribution in [2.24, 2.45) is 5.73 Å². The number of rotatable bonds is 2. The lowest BCUT2D eigenvalue weighted by atomic mass is 10.0. The van der Waals surface area contributed by atoms with E-state index in [0.29, 0.717) is 10.6 Å². The Hall–Kier alpha value is -1.06. The van der Waals surface area contributed by atoms with Gasteiger partial charge in [0, 0.05) is 22.7 Å². The number of benzene rings is 1. The Kier molecular flexibility index (Phi) is 4.83. The predicted octanol–water partition coefficient (Wildman–Crippen LogP) is 3.04. The minimum absolute atomic E-state index is 0.0611. The number of nitrogens with one attached hydrogen (secondary N) is 1. The molecule has 0 heterocycles. The van der Waals surface area contributed by atoms with Gasteiger partial charge in [0.05, 0.1) is 0 Å². The van der Waals surface area contributed by atoms with E-state index < -0.39 is 0 Å². The summed E-state index contributed by atoms with van der Waals surface area (Å²) >= 11 is 6.05. The van der Waals surface area contributed by atoms with Crippen LogP contribution in [0.3, 0.4) is 0 Å². The van der Waals surface area contributed by atoms with Crippen LogP contribution in [0.25, 0.3) is 0 Å². The number of carbonyl (C=O) groups is 1. The monoisotopic (exact) mass is 280 g/mol. The van der Waals surface area contributed by atoms with Crippen LogP contribution in [0.5, 0.6) is 0 Å². The molecule has 4 heteroatoms. The van der Waals surface area contributed by atoms with Gasteiger partial charge in [-0.15, -0.1) is 0 Å². The average Bonchev–Trinajstić information content (AvgIpc) is 2.58. The van der Waals surface area contributed by atoms with Crippen LogP contribution >= 0.6 is 11.6 Å². The molecule has 3 N–H and O–H groups in total. The van der Waals surface area contributed by atoms with Gasteiger partial charge < -0.3 is 11.1 Å². The van der Waals surface area contributed by atoms with Crippen LogP contribution in [0.2, 0.25) is 5.02 Å². The highest BCUT2D eigenvalue weighted by atomic mass is 35.5. The van der Waals surface area contributed by atoms with E-state index in [0.717, 1.165) is 31.2 Å². The van der Waals surface area contributed by atoms with E-state index in [1.54, 1.807) is 18.2 Å². The highest BCUT2D eigenvalue weighted by molar-refractivity contribution is 6.31. The lowest BCUT2D eigenvalue weighted by Gasteiger charge is -2.23. The summed E-state index contributed by atoms with van der Waals surface area (Å²) in [6.07, 6.45) is 5.44. The van der Waals surface area contributed by atoms with Crippen molar-refractivity contribution in [1.82, 2.24) is 5.32 Å². The molecule has 0 aliphatic heterocycles. The molecule has 1 aromatic rings. The number of halogens is 1. The molecular formula is C15H21ClN2O. The number of carbonyl (C=O) groups excluding carboxylic acids is 1. The molecule has 19 heavy (non-hydrogen) atoms. The maximum absolute atomic E-state index is 12.3. The summed E-state index contributed by atoms with van der Waals surface area (Å²) in [5.74, 6) is -0.0673. The Labute approximate surface area is 119 Å². The van der Waals surface area contributed by atoms with Gasteiger partial charge in [-0.05, 0) is 37.5 Å². The minimum Gasteiger partial charge on any atom is -0.348 e. The van der Waals surface area contributed by atoms with E-state index >= 15 is 0 Å². The first kappa shape index (κ1) is 14.4. The van der Waals surface area contributed by atoms with Crippen molar-refractivity contribution in [3.8, 4) is 0 Å². The Morgan fingerprint density at radius 3 is 2.84 bits per heavy atom. The molecule has 2 rings (SSSR count). The third kappa shape index (κ3) is 3.48. The Morgan fingerprint density at radius 1 is 1.32 bits per heavy atom. The van der Waals surface area contributed by atoms with Crippen molar-refractivity contribution in [2.45, 2.75) is 51.1 Å². The second-order valence-electron chi connectivity index (χ2n) is 5.29. The SMILES string of the molecule is Cc1c(Cl)cccc1C(=O)NC1CCCCCC1N. The number of hydrogen-bond acceptors (Lipinski definition) is 2. The molecule has 1 aromatic carbocycles. The minimum atomic E-state index is -0.0673. The number of amides is 1. The van der Waals surface area contributed by atoms with E-state index in [1.165, 1.54) is 6.42 Å². The lowest BCUT2D eigenvalue weighted by molar-refractivity contribution is 0.0928. The van der Waals surface area contributed by atoms with E-state index in [2.05, 4.69) is 5.32 Å². The normalized spacial score (nSPS) is 23.7. The summed E-state index contributed by atoms with van der Waals surface area (Å²) in [7, 11) is 0. The molecule has 0 spiro atoms. The summed E-state index contributed by atoms with van der Waals surface area (Å²) < 4.78 is 0. The predicted molar refractivity (Wildman–Crippen MR) is 78.5 cm³/mol. The molecule has 1 saturated carbocycles. The topological polar surface area (TPSA) is 55.1 Å². The summed E-state index contributed by atoms with van der Waals surface area (Å²) in [6.45, 7) is 1.87. The van der Waals surface area contributed by atoms with E-state index in [-0.39, 0.29) is 18.0 Å². The molecule has 0 bridgehead atoms. The van der Waals surface area contributed by atoms with Crippen LogP contribution < -0.4 is 11.1 Å². The maximum Gasteiger partial charge on any atom is 0.251 e. The van der Waals surface area contributed by atoms with Gasteiger partial charge >= 0.3 is 0 Å². The van der Waals surface area contributed by atoms with E-state index in [9.17, 15) is 4.79 Å². The second kappa shape index (κ2) is 6.40. The number of hydrogen-bond donors (Lipinski definition) is 2. The average molecular weight is 281 g/mol. The third-order valence-electron chi connectivity index (χ3n) is 3.90. The first-order valence-electron chi connectivity index (χ1n) is 6.91. The standard InChI is InChI=1S/C15H21ClN2O/c1-10-11(6-5-7-12(10)16)15(19)18-14-9-4-2-3-8-13(14)17/h5-7,13-14H,2-4,8-9,17H2,1H3,(H,18,19). The fourth-order valence-electron chi connectivity index (χ4n) is 2.62. The van der Waals surface area contributed by atoms with Gasteiger partial charge in [-0.25, -0.2) is 0 Å². The van der Waals surface area contributed by atoms with Gasteiger partial charge in [0.25, 0.3) is 5.91 Å². The van der Waals surface area contributed by atoms with Crippen molar-refractivity contribution in [3.05, 3.63) is 34.3 Å². The lowest BCUT2D eigenvalue weighted by Crippen LogP contribution is -2.47. The molecule has 1 amide bonds. The van der Waals surface area contributed by atoms with Crippen LogP contribution in [0.1, 0.15) is 48.0 Å². The van der Waals surface area contributed by atoms with Crippen molar-refractivity contribution in [1.29, 1.82) is 0 Å². The zero-order valence-electron chi connectivity index (χ0n) is 11.3. The smallest absolute Gasteiger partial charge is 0.251 e. The van der Waals surface area contributed by atoms with Gasteiger partial charge in [0.15, 0.2) is 0 Å². The molecule has 1 fully saturated rings. The van der Waals surface area contributed by atoms with Crippen LogP contribution in [-0.2, 0) is 0 Å². The first-order chi connectivity index (χ1) is 9.09. The fourth-order valence-corrected chi connectivity index (χ4v) is 2.79. The quantitative estimate of drug-likeness (QED) is 0.818. The van der Waals surface area contributed by atoms with Crippen LogP contribution in [0, 0.1) is 6.92 Å². The zero-order valence-corrected chi connectivity index (χ0v) is 12.0. The molecule has 1 aliphatic rings. The Morgan fingerprint density at radius 2 is 2.05 bits per heavy atom. The summed E-state index contributed by atoms with van der Waals surface area (Å²) in [6, 6.07) is 5.54. The van der Waals surface area contributed by atoms with Gasteiger partial charge in [-0.3, -0.25) is 4.79 Å². The molecule has 2 atom stereocenters. The highest BCUT2D eigenvalue weighted by Gasteiger charge is 2.23. The van der Waals surface area contributed by atoms with Gasteiger partial charge in [-0.2, -0.15) is 0 Å². The largest absolute Gasteiger partial charge is 0.348 e. The van der Waals surface area contributed by atoms with E-state index in [1.807, 2.05) is 6.92 Å². The molecule has 0 aromatic heterocycles. The van der Waals surface area contributed by atoms with E-state index in [4.69, 9.17) is 17.3 Å². The molecule has 104 valence electrons. The van der Waals surface area contributed by atoms with Gasteiger partial charge in [0.2, 0.25) is 0 Å². The van der Waals surface area contributed by atoms with Crippen LogP contribution in [0.4, 0.5) is 0 Å². The molecule has 3 nitrogen and oxygen atoms in total. The summed E-state index contributed by atoms with van der Waals surface area (Å²) in [5.41, 5.74) is 7.60. The highest BCUT2D eigenvalue weighted by Crippen LogP contribution is 2.20. The number of nitrogens with two attached hydrogens (primary N) is 1. The second-order valence-corrected chi connectivity index (χ2v) is 5.70. The van der Waals surface area contributed by atoms with Crippen molar-refractivity contribution in [2.75, 3.05) is 0 Å². The summed E-state index contributed by atoms with van der Waals surface area (Å²) in [5, 5.41) is 3.69. The van der Waals surface area contributed by atoms with Crippen molar-refractivity contribution in [3.63, 3.8) is 0 Å². The third-order valence-corrected chi connectivity index (χ3v) is 4.31. The van der Waals surface area contributed by atoms with Gasteiger partial charge in [0.1, 0.15) is 0 Å².